The maximum atomic E-state index is 12.2. The molecular formula is C46H53BiIrNO2-. The van der Waals surface area contributed by atoms with Crippen LogP contribution >= 0.6 is 0 Å². The van der Waals surface area contributed by atoms with E-state index < -0.39 is 21.8 Å². The van der Waals surface area contributed by atoms with Crippen molar-refractivity contribution in [3.63, 3.8) is 0 Å². The van der Waals surface area contributed by atoms with Crippen LogP contribution in [-0.4, -0.2) is 37.6 Å². The third-order valence-corrected chi connectivity index (χ3v) is 20.9. The number of hydrogen-bond acceptors (Lipinski definition) is 3. The average molecular weight is 1050 g/mol. The normalized spacial score (nSPS) is 13.2. The van der Waals surface area contributed by atoms with Gasteiger partial charge in [0.15, 0.2) is 5.78 Å². The Labute approximate surface area is 328 Å². The molecule has 0 fully saturated rings. The molecule has 5 aromatic rings. The average Bonchev–Trinajstić information content (AvgIpc) is 3.48. The molecule has 0 bridgehead atoms. The molecule has 5 heteroatoms. The van der Waals surface area contributed by atoms with Crippen LogP contribution in [0.1, 0.15) is 93.6 Å². The zero-order valence-electron chi connectivity index (χ0n) is 31.7. The van der Waals surface area contributed by atoms with Gasteiger partial charge in [-0.05, 0) is 25.7 Å². The van der Waals surface area contributed by atoms with Crippen molar-refractivity contribution in [1.82, 2.24) is 4.98 Å². The van der Waals surface area contributed by atoms with Crippen molar-refractivity contribution in [2.24, 2.45) is 10.8 Å². The Morgan fingerprint density at radius 1 is 0.745 bits per heavy atom. The molecular weight excluding hydrogens is 1000 g/mol. The van der Waals surface area contributed by atoms with Crippen LogP contribution in [-0.2, 0) is 30.3 Å². The van der Waals surface area contributed by atoms with Crippen molar-refractivity contribution < 1.29 is 30.0 Å². The second-order valence-corrected chi connectivity index (χ2v) is 23.5. The molecule has 0 saturated carbocycles. The van der Waals surface area contributed by atoms with Crippen molar-refractivity contribution in [3.05, 3.63) is 121 Å². The number of aliphatic hydroxyl groups is 1. The molecule has 0 amide bonds. The fourth-order valence-corrected chi connectivity index (χ4v) is 16.8. The van der Waals surface area contributed by atoms with Crippen LogP contribution < -0.4 is 9.81 Å². The number of pyridine rings is 1. The van der Waals surface area contributed by atoms with Gasteiger partial charge >= 0.3 is 205 Å². The first-order valence-electron chi connectivity index (χ1n) is 18.2. The van der Waals surface area contributed by atoms with Crippen LogP contribution in [0.3, 0.4) is 0 Å². The Morgan fingerprint density at radius 2 is 1.27 bits per heavy atom. The van der Waals surface area contributed by atoms with Crippen molar-refractivity contribution in [2.75, 3.05) is 0 Å². The molecule has 3 nitrogen and oxygen atoms in total. The van der Waals surface area contributed by atoms with Gasteiger partial charge < -0.3 is 5.11 Å². The van der Waals surface area contributed by atoms with Crippen molar-refractivity contribution >= 4 is 48.1 Å². The zero-order chi connectivity index (χ0) is 36.3. The van der Waals surface area contributed by atoms with E-state index in [1.807, 2.05) is 47.7 Å². The smallest absolute Gasteiger partial charge is 0.164 e. The minimum absolute atomic E-state index is 0. The Morgan fingerprint density at radius 3 is 1.82 bits per heavy atom. The predicted molar refractivity (Wildman–Crippen MR) is 214 cm³/mol. The number of carbonyl (C=O) groups is 1. The van der Waals surface area contributed by atoms with E-state index >= 15 is 0 Å². The van der Waals surface area contributed by atoms with E-state index in [0.717, 1.165) is 42.3 Å². The van der Waals surface area contributed by atoms with Crippen LogP contribution in [0.15, 0.2) is 109 Å². The molecule has 269 valence electrons. The molecule has 0 saturated heterocycles. The molecule has 6 rings (SSSR count). The van der Waals surface area contributed by atoms with E-state index in [0.29, 0.717) is 0 Å². The van der Waals surface area contributed by atoms with Gasteiger partial charge in [0.2, 0.25) is 0 Å². The molecule has 51 heavy (non-hydrogen) atoms. The number of nitrogens with zero attached hydrogens (tertiary/aromatic N) is 1. The molecule has 0 spiro atoms. The number of aliphatic hydroxyl groups excluding tert-OH is 1. The van der Waals surface area contributed by atoms with Gasteiger partial charge in [-0.3, -0.25) is 4.79 Å². The first-order valence-corrected chi connectivity index (χ1v) is 23.4. The van der Waals surface area contributed by atoms with E-state index in [4.69, 9.17) is 4.98 Å². The quantitative estimate of drug-likeness (QED) is 0.0680. The fourth-order valence-electron chi connectivity index (χ4n) is 6.58. The van der Waals surface area contributed by atoms with Crippen LogP contribution in [0.25, 0.3) is 33.2 Å². The molecule has 0 atom stereocenters. The molecule has 1 aliphatic heterocycles. The number of aromatic nitrogens is 1. The van der Waals surface area contributed by atoms with Crippen LogP contribution in [0.4, 0.5) is 0 Å². The van der Waals surface area contributed by atoms with Crippen LogP contribution in [0, 0.1) is 16.9 Å². The van der Waals surface area contributed by atoms with Crippen LogP contribution in [0.2, 0.25) is 0 Å². The summed E-state index contributed by atoms with van der Waals surface area (Å²) in [6, 6.07) is 37.2. The molecule has 1 aromatic heterocycles. The molecule has 1 N–H and O–H groups in total. The van der Waals surface area contributed by atoms with Gasteiger partial charge in [-0.1, -0.05) is 41.5 Å². The molecule has 1 radical (unpaired) electrons. The summed E-state index contributed by atoms with van der Waals surface area (Å²) in [7, 11) is 0. The summed E-state index contributed by atoms with van der Waals surface area (Å²) in [5.74, 6) is 0.286. The van der Waals surface area contributed by atoms with E-state index in [1.54, 1.807) is 6.54 Å². The fraction of sp³-hybridized carbons (Fsp3) is 0.348. The van der Waals surface area contributed by atoms with E-state index in [1.165, 1.54) is 31.4 Å². The second-order valence-electron chi connectivity index (χ2n) is 15.1. The van der Waals surface area contributed by atoms with Gasteiger partial charge in [0.1, 0.15) is 5.76 Å². The third kappa shape index (κ3) is 8.48. The molecule has 0 unspecified atom stereocenters. The number of hydrogen-bond donors (Lipinski definition) is 1. The number of ketones is 1. The monoisotopic (exact) mass is 1050 g/mol. The maximum Gasteiger partial charge on any atom is 0.164 e. The van der Waals surface area contributed by atoms with E-state index in [9.17, 15) is 9.90 Å². The summed E-state index contributed by atoms with van der Waals surface area (Å²) >= 11 is -2.36. The third-order valence-electron chi connectivity index (χ3n) is 11.0. The Bertz CT molecular complexity index is 1970. The Balaban J connectivity index is 0.000000279. The number of rotatable bonds is 9. The number of carbonyl (C=O) groups excluding carboxylic acids is 1. The standard InChI is InChI=1S/C19H17N.C15H28O2.C12H8.Bi.Ir/c1-19(2,3)17-13-15(18-10-6-7-11-20-18)12-14-8-4-5-9-16(14)17;1-7-14(5,8-2)12(16)11-13(17)15(6,9-3)10-4;1-3-7-11(8-4-1)12-9-5-2-6-10-12;;/h4-5,7-11,13H,1-3H3;11,16H,7-10H2,1-6H3;1-7,9H;;/q-1;;;;/b;12-11-;;;. The van der Waals surface area contributed by atoms with Gasteiger partial charge in [-0.15, -0.1) is 0 Å². The molecule has 1 aliphatic rings. The van der Waals surface area contributed by atoms with Crippen molar-refractivity contribution in [3.8, 4) is 22.4 Å². The van der Waals surface area contributed by atoms with Crippen molar-refractivity contribution in [2.45, 2.75) is 93.4 Å². The molecule has 4 aromatic carbocycles. The SMILES string of the molecule is CC(C)(C)c1cc(-c2c[c]([Bi]3[c]4ccccc4-c4cccc[c]43)ccn2)[c-]c2ccccc12.CCC(C)(CC)C(=O)/C=C(\O)C(C)(CC)CC.[Ir]. The maximum absolute atomic E-state index is 12.2. The summed E-state index contributed by atoms with van der Waals surface area (Å²) in [5.41, 5.74) is 5.76. The topological polar surface area (TPSA) is 50.2 Å². The zero-order valence-corrected chi connectivity index (χ0v) is 37.6. The Hall–Kier alpha value is -2.97. The Kier molecular flexibility index (Phi) is 13.4. The number of fused-ring (bicyclic) bond motifs is 4. The summed E-state index contributed by atoms with van der Waals surface area (Å²) in [4.78, 5) is 17.0. The second kappa shape index (κ2) is 16.8. The summed E-state index contributed by atoms with van der Waals surface area (Å²) in [5, 5.41) is 12.6. The number of benzene rings is 4. The van der Waals surface area contributed by atoms with Gasteiger partial charge in [-0.2, -0.15) is 0 Å². The summed E-state index contributed by atoms with van der Waals surface area (Å²) in [6.07, 6.45) is 6.76. The predicted octanol–water partition coefficient (Wildman–Crippen LogP) is 10.1. The van der Waals surface area contributed by atoms with E-state index in [-0.39, 0.29) is 47.9 Å². The van der Waals surface area contributed by atoms with Gasteiger partial charge in [-0.25, -0.2) is 0 Å². The molecule has 2 heterocycles. The summed E-state index contributed by atoms with van der Waals surface area (Å²) < 4.78 is 4.62. The first-order chi connectivity index (χ1) is 23.8. The minimum Gasteiger partial charge on any atom is -0.512 e. The number of allylic oxidation sites excluding steroid dienone is 2. The van der Waals surface area contributed by atoms with Gasteiger partial charge in [0.05, 0.1) is 0 Å². The minimum atomic E-state index is -2.36. The van der Waals surface area contributed by atoms with Crippen molar-refractivity contribution in [1.29, 1.82) is 0 Å². The van der Waals surface area contributed by atoms with Gasteiger partial charge in [0.25, 0.3) is 0 Å². The summed E-state index contributed by atoms with van der Waals surface area (Å²) in [6.45, 7) is 18.9. The largest absolute Gasteiger partial charge is 0.512 e. The van der Waals surface area contributed by atoms with E-state index in [2.05, 4.69) is 118 Å². The van der Waals surface area contributed by atoms with Crippen LogP contribution in [0.5, 0.6) is 0 Å². The molecule has 0 aliphatic carbocycles. The first kappa shape index (κ1) is 40.8. The van der Waals surface area contributed by atoms with Gasteiger partial charge in [0, 0.05) is 37.0 Å².